The van der Waals surface area contributed by atoms with E-state index in [-0.39, 0.29) is 0 Å². The summed E-state index contributed by atoms with van der Waals surface area (Å²) in [6.45, 7) is 5.86. The van der Waals surface area contributed by atoms with Crippen LogP contribution < -0.4 is 4.90 Å². The van der Waals surface area contributed by atoms with Crippen molar-refractivity contribution in [2.75, 3.05) is 30.9 Å². The number of ether oxygens (including phenoxy) is 1. The summed E-state index contributed by atoms with van der Waals surface area (Å²) in [6, 6.07) is 8.56. The third kappa shape index (κ3) is 3.33. The van der Waals surface area contributed by atoms with Crippen LogP contribution in [0.5, 0.6) is 0 Å². The summed E-state index contributed by atoms with van der Waals surface area (Å²) >= 11 is 1.74. The Morgan fingerprint density at radius 2 is 1.96 bits per heavy atom. The van der Waals surface area contributed by atoms with Crippen molar-refractivity contribution in [2.24, 2.45) is 0 Å². The molecular weight excluding hydrogens is 360 g/mol. The highest BCUT2D eigenvalue weighted by Gasteiger charge is 2.52. The van der Waals surface area contributed by atoms with Gasteiger partial charge in [-0.25, -0.2) is 4.98 Å². The van der Waals surface area contributed by atoms with Gasteiger partial charge in [0.1, 0.15) is 17.5 Å². The standard InChI is InChI=1S/C21H28N2O3S/c1-14-12-18(22-17-5-4-15(27-3)13-16(14)17)23-9-6-21(7-10-23)19(24)20(2,25)8-11-26-21/h4-5,12-13,19,24-25H,6-11H2,1-3H3/t19-,20+/m0/s1. The summed E-state index contributed by atoms with van der Waals surface area (Å²) < 4.78 is 6.00. The van der Waals surface area contributed by atoms with Gasteiger partial charge in [-0.3, -0.25) is 0 Å². The lowest BCUT2D eigenvalue weighted by Crippen LogP contribution is -2.64. The summed E-state index contributed by atoms with van der Waals surface area (Å²) in [5.41, 5.74) is 0.521. The van der Waals surface area contributed by atoms with E-state index in [4.69, 9.17) is 9.72 Å². The number of rotatable bonds is 2. The second-order valence-corrected chi connectivity index (χ2v) is 8.97. The Morgan fingerprint density at radius 1 is 1.22 bits per heavy atom. The first-order valence-electron chi connectivity index (χ1n) is 9.59. The average Bonchev–Trinajstić information content (AvgIpc) is 2.66. The molecule has 6 heteroatoms. The Hall–Kier alpha value is -1.34. The highest BCUT2D eigenvalue weighted by molar-refractivity contribution is 7.98. The van der Waals surface area contributed by atoms with E-state index in [9.17, 15) is 10.2 Å². The molecule has 0 saturated carbocycles. The van der Waals surface area contributed by atoms with Gasteiger partial charge in [0.05, 0.1) is 17.7 Å². The molecule has 1 aromatic heterocycles. The first-order chi connectivity index (χ1) is 12.8. The summed E-state index contributed by atoms with van der Waals surface area (Å²) in [7, 11) is 0. The van der Waals surface area contributed by atoms with Crippen LogP contribution in [-0.4, -0.2) is 58.5 Å². The van der Waals surface area contributed by atoms with E-state index in [0.29, 0.717) is 25.9 Å². The van der Waals surface area contributed by atoms with Crippen LogP contribution in [0.15, 0.2) is 29.2 Å². The first kappa shape index (κ1) is 19.0. The molecule has 27 heavy (non-hydrogen) atoms. The van der Waals surface area contributed by atoms with Crippen molar-refractivity contribution in [3.05, 3.63) is 29.8 Å². The van der Waals surface area contributed by atoms with Gasteiger partial charge in [0.25, 0.3) is 0 Å². The van der Waals surface area contributed by atoms with E-state index < -0.39 is 17.3 Å². The highest BCUT2D eigenvalue weighted by atomic mass is 32.2. The fraction of sp³-hybridized carbons (Fsp3) is 0.571. The van der Waals surface area contributed by atoms with E-state index in [1.54, 1.807) is 18.7 Å². The van der Waals surface area contributed by atoms with E-state index in [1.807, 2.05) is 0 Å². The zero-order chi connectivity index (χ0) is 19.2. The van der Waals surface area contributed by atoms with Gasteiger partial charge in [-0.2, -0.15) is 0 Å². The molecule has 2 N–H and O–H groups in total. The Balaban J connectivity index is 1.56. The largest absolute Gasteiger partial charge is 0.387 e. The maximum Gasteiger partial charge on any atom is 0.129 e. The van der Waals surface area contributed by atoms with Gasteiger partial charge in [-0.05, 0) is 62.8 Å². The third-order valence-corrected chi connectivity index (χ3v) is 6.95. The molecule has 2 aromatic rings. The molecule has 5 nitrogen and oxygen atoms in total. The van der Waals surface area contributed by atoms with Crippen LogP contribution in [0.25, 0.3) is 10.9 Å². The number of aryl methyl sites for hydroxylation is 1. The number of piperidine rings is 1. The molecule has 2 aliphatic rings. The van der Waals surface area contributed by atoms with Crippen molar-refractivity contribution in [1.29, 1.82) is 0 Å². The van der Waals surface area contributed by atoms with Gasteiger partial charge in [-0.15, -0.1) is 11.8 Å². The van der Waals surface area contributed by atoms with Crippen LogP contribution in [0.2, 0.25) is 0 Å². The van der Waals surface area contributed by atoms with Crippen molar-refractivity contribution < 1.29 is 14.9 Å². The molecule has 146 valence electrons. The number of aromatic nitrogens is 1. The van der Waals surface area contributed by atoms with Crippen LogP contribution in [-0.2, 0) is 4.74 Å². The predicted molar refractivity (Wildman–Crippen MR) is 110 cm³/mol. The predicted octanol–water partition coefficient (Wildman–Crippen LogP) is 3.14. The molecule has 2 saturated heterocycles. The molecule has 2 atom stereocenters. The number of fused-ring (bicyclic) bond motifs is 1. The van der Waals surface area contributed by atoms with Crippen molar-refractivity contribution in [2.45, 2.75) is 55.3 Å². The van der Waals surface area contributed by atoms with Crippen LogP contribution in [0.1, 0.15) is 31.7 Å². The van der Waals surface area contributed by atoms with Gasteiger partial charge < -0.3 is 19.8 Å². The number of anilines is 1. The smallest absolute Gasteiger partial charge is 0.129 e. The Morgan fingerprint density at radius 3 is 2.67 bits per heavy atom. The van der Waals surface area contributed by atoms with Gasteiger partial charge in [0, 0.05) is 29.8 Å². The lowest BCUT2D eigenvalue weighted by Gasteiger charge is -2.51. The molecule has 2 fully saturated rings. The minimum Gasteiger partial charge on any atom is -0.387 e. The van der Waals surface area contributed by atoms with Crippen LogP contribution in [0.3, 0.4) is 0 Å². The van der Waals surface area contributed by atoms with Crippen molar-refractivity contribution in [3.63, 3.8) is 0 Å². The maximum absolute atomic E-state index is 10.7. The van der Waals surface area contributed by atoms with E-state index >= 15 is 0 Å². The van der Waals surface area contributed by atoms with Crippen LogP contribution in [0, 0.1) is 6.92 Å². The molecule has 2 aliphatic heterocycles. The normalized spacial score (nSPS) is 28.0. The molecule has 3 heterocycles. The fourth-order valence-electron chi connectivity index (χ4n) is 4.42. The SMILES string of the molecule is CSc1ccc2nc(N3CCC4(CC3)OCC[C@@](C)(O)[C@@H]4O)cc(C)c2c1. The van der Waals surface area contributed by atoms with Crippen LogP contribution in [0.4, 0.5) is 5.82 Å². The molecule has 0 bridgehead atoms. The minimum absolute atomic E-state index is 0.475. The number of nitrogens with zero attached hydrogens (tertiary/aromatic N) is 2. The highest BCUT2D eigenvalue weighted by Crippen LogP contribution is 2.40. The van der Waals surface area contributed by atoms with Crippen molar-refractivity contribution >= 4 is 28.5 Å². The van der Waals surface area contributed by atoms with Gasteiger partial charge in [0.2, 0.25) is 0 Å². The molecule has 0 aliphatic carbocycles. The first-order valence-corrected chi connectivity index (χ1v) is 10.8. The van der Waals surface area contributed by atoms with E-state index in [2.05, 4.69) is 42.3 Å². The van der Waals surface area contributed by atoms with Gasteiger partial charge in [0.15, 0.2) is 0 Å². The quantitative estimate of drug-likeness (QED) is 0.771. The van der Waals surface area contributed by atoms with Crippen LogP contribution >= 0.6 is 11.8 Å². The molecular formula is C21H28N2O3S. The number of hydrogen-bond donors (Lipinski definition) is 2. The van der Waals surface area contributed by atoms with Crippen molar-refractivity contribution in [1.82, 2.24) is 4.98 Å². The van der Waals surface area contributed by atoms with Gasteiger partial charge >= 0.3 is 0 Å². The molecule has 0 amide bonds. The molecule has 1 aromatic carbocycles. The molecule has 0 unspecified atom stereocenters. The number of thioether (sulfide) groups is 1. The zero-order valence-corrected chi connectivity index (χ0v) is 17.1. The number of benzene rings is 1. The topological polar surface area (TPSA) is 65.8 Å². The summed E-state index contributed by atoms with van der Waals surface area (Å²) in [4.78, 5) is 8.39. The lowest BCUT2D eigenvalue weighted by atomic mass is 9.75. The second-order valence-electron chi connectivity index (χ2n) is 8.09. The maximum atomic E-state index is 10.7. The monoisotopic (exact) mass is 388 g/mol. The van der Waals surface area contributed by atoms with Crippen molar-refractivity contribution in [3.8, 4) is 0 Å². The second kappa shape index (κ2) is 6.92. The Bertz CT molecular complexity index is 847. The van der Waals surface area contributed by atoms with Gasteiger partial charge in [-0.1, -0.05) is 0 Å². The summed E-state index contributed by atoms with van der Waals surface area (Å²) in [6.07, 6.45) is 3.09. The van der Waals surface area contributed by atoms with E-state index in [1.165, 1.54) is 15.8 Å². The number of aliphatic hydroxyl groups is 2. The summed E-state index contributed by atoms with van der Waals surface area (Å²) in [5.74, 6) is 0.976. The molecule has 0 radical (unpaired) electrons. The molecule has 4 rings (SSSR count). The molecule has 1 spiro atoms. The third-order valence-electron chi connectivity index (χ3n) is 6.23. The minimum atomic E-state index is -1.08. The number of hydrogen-bond acceptors (Lipinski definition) is 6. The zero-order valence-electron chi connectivity index (χ0n) is 16.2. The number of pyridine rings is 1. The average molecular weight is 389 g/mol. The lowest BCUT2D eigenvalue weighted by molar-refractivity contribution is -0.239. The Kier molecular flexibility index (Phi) is 4.87. The Labute approximate surface area is 164 Å². The van der Waals surface area contributed by atoms with E-state index in [0.717, 1.165) is 24.4 Å². The fourth-order valence-corrected chi connectivity index (χ4v) is 4.86. The summed E-state index contributed by atoms with van der Waals surface area (Å²) in [5, 5.41) is 22.4. The number of aliphatic hydroxyl groups excluding tert-OH is 1.